The van der Waals surface area contributed by atoms with Crippen molar-refractivity contribution in [1.29, 1.82) is 0 Å². The molecule has 1 aromatic heterocycles. The van der Waals surface area contributed by atoms with Crippen LogP contribution in [0.3, 0.4) is 0 Å². The van der Waals surface area contributed by atoms with Crippen molar-refractivity contribution in [2.45, 2.75) is 19.1 Å². The van der Waals surface area contributed by atoms with Gasteiger partial charge in [-0.05, 0) is 31.2 Å². The van der Waals surface area contributed by atoms with Crippen LogP contribution in [-0.4, -0.2) is 52.0 Å². The van der Waals surface area contributed by atoms with Crippen LogP contribution in [0.1, 0.15) is 34.8 Å². The van der Waals surface area contributed by atoms with Crippen LogP contribution < -0.4 is 0 Å². The summed E-state index contributed by atoms with van der Waals surface area (Å²) in [5.41, 5.74) is 0.144. The average molecular weight is 430 g/mol. The van der Waals surface area contributed by atoms with E-state index >= 15 is 0 Å². The largest absolute Gasteiger partial charge is 0.416 e. The minimum atomic E-state index is -4.44. The Morgan fingerprint density at radius 3 is 2.42 bits per heavy atom. The molecule has 0 radical (unpaired) electrons. The van der Waals surface area contributed by atoms with E-state index in [4.69, 9.17) is 4.52 Å². The van der Waals surface area contributed by atoms with Gasteiger partial charge in [0.1, 0.15) is 0 Å². The van der Waals surface area contributed by atoms with Crippen LogP contribution in [0.25, 0.3) is 11.4 Å². The van der Waals surface area contributed by atoms with E-state index in [0.29, 0.717) is 37.6 Å². The number of nitrogens with zero attached hydrogens (tertiary/aromatic N) is 4. The van der Waals surface area contributed by atoms with Gasteiger partial charge in [0.25, 0.3) is 5.91 Å². The van der Waals surface area contributed by atoms with Gasteiger partial charge in [-0.1, -0.05) is 35.5 Å². The molecular weight excluding hydrogens is 409 g/mol. The number of aromatic nitrogens is 2. The third-order valence-electron chi connectivity index (χ3n) is 5.42. The number of benzene rings is 2. The minimum absolute atomic E-state index is 0.00229. The molecule has 3 aromatic rings. The van der Waals surface area contributed by atoms with Gasteiger partial charge in [0.15, 0.2) is 0 Å². The molecular formula is C22H21F3N4O2. The molecule has 0 aliphatic carbocycles. The summed E-state index contributed by atoms with van der Waals surface area (Å²) >= 11 is 0. The van der Waals surface area contributed by atoms with Crippen LogP contribution in [0.15, 0.2) is 59.1 Å². The van der Waals surface area contributed by atoms with Crippen LogP contribution in [0, 0.1) is 0 Å². The fourth-order valence-corrected chi connectivity index (χ4v) is 3.59. The second kappa shape index (κ2) is 8.50. The molecule has 0 spiro atoms. The number of rotatable bonds is 4. The van der Waals surface area contributed by atoms with Gasteiger partial charge in [-0.25, -0.2) is 0 Å². The summed E-state index contributed by atoms with van der Waals surface area (Å²) in [6, 6.07) is 13.8. The van der Waals surface area contributed by atoms with Crippen LogP contribution in [0.2, 0.25) is 0 Å². The van der Waals surface area contributed by atoms with Gasteiger partial charge in [0.2, 0.25) is 11.7 Å². The number of hydrogen-bond donors (Lipinski definition) is 0. The number of piperazine rings is 1. The first-order valence-corrected chi connectivity index (χ1v) is 9.92. The standard InChI is InChI=1S/C22H21F3N4O2/c1-15(28-10-12-29(13-11-28)21(30)16-6-3-2-4-7-16)20-26-19(27-31-20)17-8-5-9-18(14-17)22(23,24)25/h2-9,14-15H,10-13H2,1H3/t15-/m0/s1. The third-order valence-corrected chi connectivity index (χ3v) is 5.42. The first-order valence-electron chi connectivity index (χ1n) is 9.92. The SMILES string of the molecule is C[C@@H](c1nc(-c2cccc(C(F)(F)F)c2)no1)N1CCN(C(=O)c2ccccc2)CC1. The van der Waals surface area contributed by atoms with Crippen molar-refractivity contribution in [3.63, 3.8) is 0 Å². The van der Waals surface area contributed by atoms with Crippen molar-refractivity contribution in [2.24, 2.45) is 0 Å². The maximum Gasteiger partial charge on any atom is 0.416 e. The van der Waals surface area contributed by atoms with Gasteiger partial charge in [-0.15, -0.1) is 0 Å². The van der Waals surface area contributed by atoms with Gasteiger partial charge in [-0.3, -0.25) is 9.69 Å². The molecule has 1 atom stereocenters. The molecule has 0 saturated carbocycles. The first kappa shape index (κ1) is 21.0. The molecule has 162 valence electrons. The van der Waals surface area contributed by atoms with Gasteiger partial charge >= 0.3 is 6.18 Å². The van der Waals surface area contributed by atoms with Crippen LogP contribution >= 0.6 is 0 Å². The highest BCUT2D eigenvalue weighted by Gasteiger charge is 2.31. The molecule has 1 saturated heterocycles. The Hall–Kier alpha value is -3.20. The summed E-state index contributed by atoms with van der Waals surface area (Å²) in [6.07, 6.45) is -4.44. The van der Waals surface area contributed by atoms with E-state index < -0.39 is 11.7 Å². The van der Waals surface area contributed by atoms with E-state index in [1.165, 1.54) is 12.1 Å². The zero-order chi connectivity index (χ0) is 22.0. The number of alkyl halides is 3. The lowest BCUT2D eigenvalue weighted by atomic mass is 10.1. The van der Waals surface area contributed by atoms with E-state index in [2.05, 4.69) is 15.0 Å². The molecule has 1 amide bonds. The zero-order valence-corrected chi connectivity index (χ0v) is 16.8. The van der Waals surface area contributed by atoms with Crippen LogP contribution in [-0.2, 0) is 6.18 Å². The van der Waals surface area contributed by atoms with E-state index in [-0.39, 0.29) is 23.3 Å². The lowest BCUT2D eigenvalue weighted by Gasteiger charge is -2.36. The Morgan fingerprint density at radius 2 is 1.74 bits per heavy atom. The molecule has 4 rings (SSSR count). The fourth-order valence-electron chi connectivity index (χ4n) is 3.59. The van der Waals surface area contributed by atoms with Crippen molar-refractivity contribution in [1.82, 2.24) is 19.9 Å². The quantitative estimate of drug-likeness (QED) is 0.619. The van der Waals surface area contributed by atoms with Crippen molar-refractivity contribution >= 4 is 5.91 Å². The Morgan fingerprint density at radius 1 is 1.03 bits per heavy atom. The Kier molecular flexibility index (Phi) is 5.77. The van der Waals surface area contributed by atoms with Crippen LogP contribution in [0.5, 0.6) is 0 Å². The molecule has 1 fully saturated rings. The second-order valence-corrected chi connectivity index (χ2v) is 7.40. The van der Waals surface area contributed by atoms with Crippen molar-refractivity contribution < 1.29 is 22.5 Å². The number of carbonyl (C=O) groups is 1. The molecule has 1 aliphatic rings. The van der Waals surface area contributed by atoms with Crippen molar-refractivity contribution in [3.8, 4) is 11.4 Å². The van der Waals surface area contributed by atoms with Gasteiger partial charge < -0.3 is 9.42 Å². The first-order chi connectivity index (χ1) is 14.8. The summed E-state index contributed by atoms with van der Waals surface area (Å²) in [5.74, 6) is 0.443. The molecule has 0 bridgehead atoms. The Labute approximate surface area is 177 Å². The molecule has 6 nitrogen and oxygen atoms in total. The van der Waals surface area contributed by atoms with Crippen molar-refractivity contribution in [3.05, 3.63) is 71.6 Å². The predicted octanol–water partition coefficient (Wildman–Crippen LogP) is 4.27. The molecule has 2 heterocycles. The highest BCUT2D eigenvalue weighted by Crippen LogP contribution is 2.32. The summed E-state index contributed by atoms with van der Waals surface area (Å²) in [4.78, 5) is 20.8. The third kappa shape index (κ3) is 4.61. The summed E-state index contributed by atoms with van der Waals surface area (Å²) in [5, 5.41) is 3.86. The maximum atomic E-state index is 13.0. The Balaban J connectivity index is 1.41. The molecule has 0 N–H and O–H groups in total. The Bertz CT molecular complexity index is 1040. The number of amides is 1. The lowest BCUT2D eigenvalue weighted by Crippen LogP contribution is -2.49. The van der Waals surface area contributed by atoms with Crippen molar-refractivity contribution in [2.75, 3.05) is 26.2 Å². The molecule has 1 aliphatic heterocycles. The highest BCUT2D eigenvalue weighted by atomic mass is 19.4. The smallest absolute Gasteiger partial charge is 0.337 e. The highest BCUT2D eigenvalue weighted by molar-refractivity contribution is 5.94. The average Bonchev–Trinajstić information content (AvgIpc) is 3.29. The molecule has 31 heavy (non-hydrogen) atoms. The summed E-state index contributed by atoms with van der Waals surface area (Å²) < 4.78 is 44.2. The summed E-state index contributed by atoms with van der Waals surface area (Å²) in [6.45, 7) is 4.28. The lowest BCUT2D eigenvalue weighted by molar-refractivity contribution is -0.137. The van der Waals surface area contributed by atoms with E-state index in [1.807, 2.05) is 25.1 Å². The van der Waals surface area contributed by atoms with Crippen LogP contribution in [0.4, 0.5) is 13.2 Å². The number of hydrogen-bond acceptors (Lipinski definition) is 5. The van der Waals surface area contributed by atoms with E-state index in [9.17, 15) is 18.0 Å². The van der Waals surface area contributed by atoms with Gasteiger partial charge in [0, 0.05) is 37.3 Å². The molecule has 9 heteroatoms. The topological polar surface area (TPSA) is 62.5 Å². The summed E-state index contributed by atoms with van der Waals surface area (Å²) in [7, 11) is 0. The number of carbonyl (C=O) groups excluding carboxylic acids is 1. The molecule has 2 aromatic carbocycles. The maximum absolute atomic E-state index is 13.0. The number of halogens is 3. The zero-order valence-electron chi connectivity index (χ0n) is 16.8. The van der Waals surface area contributed by atoms with E-state index in [1.54, 1.807) is 17.0 Å². The predicted molar refractivity (Wildman–Crippen MR) is 107 cm³/mol. The normalized spacial score (nSPS) is 16.3. The minimum Gasteiger partial charge on any atom is -0.337 e. The van der Waals surface area contributed by atoms with Gasteiger partial charge in [0.05, 0.1) is 11.6 Å². The van der Waals surface area contributed by atoms with Gasteiger partial charge in [-0.2, -0.15) is 18.2 Å². The fraction of sp³-hybridized carbons (Fsp3) is 0.318. The second-order valence-electron chi connectivity index (χ2n) is 7.40. The van der Waals surface area contributed by atoms with E-state index in [0.717, 1.165) is 12.1 Å². The molecule has 0 unspecified atom stereocenters. The monoisotopic (exact) mass is 430 g/mol.